The van der Waals surface area contributed by atoms with Crippen LogP contribution in [-0.4, -0.2) is 16.3 Å². The Balaban J connectivity index is 0.000000217. The van der Waals surface area contributed by atoms with Gasteiger partial charge in [-0.15, -0.1) is 0 Å². The average molecular weight is 168 g/mol. The lowest BCUT2D eigenvalue weighted by molar-refractivity contribution is 0.191. The SMILES string of the molecule is CCC(C)O.Oc1ccccc1. The van der Waals surface area contributed by atoms with Crippen molar-refractivity contribution in [2.75, 3.05) is 0 Å². The maximum atomic E-state index is 8.63. The molecule has 0 saturated carbocycles. The highest BCUT2D eigenvalue weighted by Gasteiger charge is 1.81. The molecule has 1 aromatic rings. The zero-order chi connectivity index (χ0) is 9.40. The van der Waals surface area contributed by atoms with Gasteiger partial charge in [0.1, 0.15) is 5.75 Å². The predicted molar refractivity (Wildman–Crippen MR) is 50.1 cm³/mol. The molecule has 2 N–H and O–H groups in total. The second-order valence-corrected chi connectivity index (χ2v) is 2.59. The lowest BCUT2D eigenvalue weighted by Crippen LogP contribution is -1.93. The second kappa shape index (κ2) is 6.68. The van der Waals surface area contributed by atoms with Gasteiger partial charge in [0.15, 0.2) is 0 Å². The molecule has 12 heavy (non-hydrogen) atoms. The van der Waals surface area contributed by atoms with Crippen LogP contribution in [0.4, 0.5) is 0 Å². The van der Waals surface area contributed by atoms with Crippen molar-refractivity contribution in [1.29, 1.82) is 0 Å². The third-order valence-electron chi connectivity index (χ3n) is 1.35. The molecule has 0 aliphatic heterocycles. The second-order valence-electron chi connectivity index (χ2n) is 2.59. The average Bonchev–Trinajstić information content (AvgIpc) is 2.07. The lowest BCUT2D eigenvalue weighted by atomic mass is 10.3. The maximum Gasteiger partial charge on any atom is 0.115 e. The highest BCUT2D eigenvalue weighted by molar-refractivity contribution is 5.18. The molecule has 0 aromatic heterocycles. The molecular weight excluding hydrogens is 152 g/mol. The molecule has 1 rings (SSSR count). The van der Waals surface area contributed by atoms with Crippen LogP contribution in [0.2, 0.25) is 0 Å². The van der Waals surface area contributed by atoms with Crippen LogP contribution < -0.4 is 0 Å². The molecule has 2 heteroatoms. The van der Waals surface area contributed by atoms with Gasteiger partial charge in [-0.1, -0.05) is 25.1 Å². The van der Waals surface area contributed by atoms with E-state index >= 15 is 0 Å². The van der Waals surface area contributed by atoms with Gasteiger partial charge in [-0.05, 0) is 25.5 Å². The topological polar surface area (TPSA) is 40.5 Å². The summed E-state index contributed by atoms with van der Waals surface area (Å²) in [5.41, 5.74) is 0. The summed E-state index contributed by atoms with van der Waals surface area (Å²) in [6.07, 6.45) is 0.745. The van der Waals surface area contributed by atoms with Gasteiger partial charge in [-0.25, -0.2) is 0 Å². The van der Waals surface area contributed by atoms with E-state index in [0.717, 1.165) is 6.42 Å². The molecule has 0 aliphatic rings. The molecule has 1 aromatic carbocycles. The van der Waals surface area contributed by atoms with Crippen LogP contribution in [-0.2, 0) is 0 Å². The molecule has 68 valence electrons. The van der Waals surface area contributed by atoms with Crippen molar-refractivity contribution >= 4 is 0 Å². The van der Waals surface area contributed by atoms with Crippen molar-refractivity contribution in [2.24, 2.45) is 0 Å². The Kier molecular flexibility index (Phi) is 6.11. The fourth-order valence-corrected chi connectivity index (χ4v) is 0.428. The van der Waals surface area contributed by atoms with Gasteiger partial charge in [0, 0.05) is 0 Å². The normalized spacial score (nSPS) is 11.2. The van der Waals surface area contributed by atoms with E-state index in [4.69, 9.17) is 10.2 Å². The van der Waals surface area contributed by atoms with Crippen LogP contribution in [0.15, 0.2) is 30.3 Å². The summed E-state index contributed by atoms with van der Waals surface area (Å²) in [5, 5.41) is 17.0. The number of benzene rings is 1. The summed E-state index contributed by atoms with van der Waals surface area (Å²) in [7, 11) is 0. The molecule has 0 aliphatic carbocycles. The first kappa shape index (κ1) is 11.0. The number of rotatable bonds is 1. The summed E-state index contributed by atoms with van der Waals surface area (Å²) in [4.78, 5) is 0. The molecule has 0 saturated heterocycles. The minimum absolute atomic E-state index is 0.116. The minimum Gasteiger partial charge on any atom is -0.508 e. The third kappa shape index (κ3) is 7.09. The van der Waals surface area contributed by atoms with Crippen molar-refractivity contribution in [3.63, 3.8) is 0 Å². The van der Waals surface area contributed by atoms with Gasteiger partial charge in [0.05, 0.1) is 6.10 Å². The van der Waals surface area contributed by atoms with Gasteiger partial charge in [-0.3, -0.25) is 0 Å². The molecule has 0 fully saturated rings. The molecule has 1 unspecified atom stereocenters. The Morgan fingerprint density at radius 3 is 1.83 bits per heavy atom. The van der Waals surface area contributed by atoms with E-state index in [2.05, 4.69) is 0 Å². The first-order chi connectivity index (χ1) is 5.66. The van der Waals surface area contributed by atoms with Gasteiger partial charge >= 0.3 is 0 Å². The Bertz CT molecular complexity index is 182. The monoisotopic (exact) mass is 168 g/mol. The van der Waals surface area contributed by atoms with E-state index < -0.39 is 0 Å². The Hall–Kier alpha value is -1.02. The lowest BCUT2D eigenvalue weighted by Gasteiger charge is -1.90. The zero-order valence-electron chi connectivity index (χ0n) is 7.57. The number of aliphatic hydroxyl groups is 1. The smallest absolute Gasteiger partial charge is 0.115 e. The van der Waals surface area contributed by atoms with Crippen molar-refractivity contribution in [3.8, 4) is 5.75 Å². The fourth-order valence-electron chi connectivity index (χ4n) is 0.428. The van der Waals surface area contributed by atoms with Crippen LogP contribution >= 0.6 is 0 Å². The number of aromatic hydroxyl groups is 1. The Morgan fingerprint density at radius 2 is 1.67 bits per heavy atom. The van der Waals surface area contributed by atoms with Crippen molar-refractivity contribution in [2.45, 2.75) is 26.4 Å². The molecule has 1 atom stereocenters. The van der Waals surface area contributed by atoms with Crippen molar-refractivity contribution in [1.82, 2.24) is 0 Å². The molecule has 0 bridgehead atoms. The maximum absolute atomic E-state index is 8.63. The molecule has 2 nitrogen and oxygen atoms in total. The van der Waals surface area contributed by atoms with Crippen LogP contribution in [0, 0.1) is 0 Å². The summed E-state index contributed by atoms with van der Waals surface area (Å²) in [5.74, 6) is 0.322. The number of aliphatic hydroxyl groups excluding tert-OH is 1. The largest absolute Gasteiger partial charge is 0.508 e. The van der Waals surface area contributed by atoms with E-state index in [-0.39, 0.29) is 6.10 Å². The number of phenolic OH excluding ortho intramolecular Hbond substituents is 1. The van der Waals surface area contributed by atoms with Gasteiger partial charge in [0.25, 0.3) is 0 Å². The first-order valence-electron chi connectivity index (χ1n) is 4.09. The van der Waals surface area contributed by atoms with Gasteiger partial charge in [0.2, 0.25) is 0 Å². The van der Waals surface area contributed by atoms with Gasteiger partial charge < -0.3 is 10.2 Å². The number of para-hydroxylation sites is 1. The molecule has 0 spiro atoms. The van der Waals surface area contributed by atoms with Crippen LogP contribution in [0.5, 0.6) is 5.75 Å². The highest BCUT2D eigenvalue weighted by Crippen LogP contribution is 2.02. The molecule has 0 amide bonds. The molecule has 0 heterocycles. The standard InChI is InChI=1S/C6H6O.C4H10O/c7-6-4-2-1-3-5-6;1-3-4(2)5/h1-5,7H;4-5H,3H2,1-2H3. The molecule has 0 radical (unpaired) electrons. The fraction of sp³-hybridized carbons (Fsp3) is 0.400. The first-order valence-corrected chi connectivity index (χ1v) is 4.09. The zero-order valence-corrected chi connectivity index (χ0v) is 7.57. The van der Waals surface area contributed by atoms with Crippen LogP contribution in [0.25, 0.3) is 0 Å². The third-order valence-corrected chi connectivity index (χ3v) is 1.35. The van der Waals surface area contributed by atoms with Crippen molar-refractivity contribution < 1.29 is 10.2 Å². The quantitative estimate of drug-likeness (QED) is 0.674. The van der Waals surface area contributed by atoms with E-state index in [1.807, 2.05) is 13.0 Å². The number of phenols is 1. The van der Waals surface area contributed by atoms with Crippen molar-refractivity contribution in [3.05, 3.63) is 30.3 Å². The summed E-state index contributed by atoms with van der Waals surface area (Å²) < 4.78 is 0. The van der Waals surface area contributed by atoms with E-state index in [0.29, 0.717) is 5.75 Å². The Labute approximate surface area is 73.5 Å². The van der Waals surface area contributed by atoms with E-state index in [1.54, 1.807) is 31.2 Å². The summed E-state index contributed by atoms with van der Waals surface area (Å²) >= 11 is 0. The molecular formula is C10H16O2. The predicted octanol–water partition coefficient (Wildman–Crippen LogP) is 2.17. The van der Waals surface area contributed by atoms with Gasteiger partial charge in [-0.2, -0.15) is 0 Å². The van der Waals surface area contributed by atoms with Crippen LogP contribution in [0.3, 0.4) is 0 Å². The van der Waals surface area contributed by atoms with Crippen LogP contribution in [0.1, 0.15) is 20.3 Å². The number of hydrogen-bond donors (Lipinski definition) is 2. The Morgan fingerprint density at radius 1 is 1.25 bits per heavy atom. The summed E-state index contributed by atoms with van der Waals surface area (Å²) in [6.45, 7) is 3.73. The summed E-state index contributed by atoms with van der Waals surface area (Å²) in [6, 6.07) is 8.71. The number of hydrogen-bond acceptors (Lipinski definition) is 2. The van der Waals surface area contributed by atoms with E-state index in [9.17, 15) is 0 Å². The minimum atomic E-state index is -0.116. The highest BCUT2D eigenvalue weighted by atomic mass is 16.3. The van der Waals surface area contributed by atoms with E-state index in [1.165, 1.54) is 0 Å².